The molecule has 1 aliphatic carbocycles. The van der Waals surface area contributed by atoms with Gasteiger partial charge in [0.15, 0.2) is 5.75 Å². The number of fused-ring (bicyclic) bond motifs is 1. The summed E-state index contributed by atoms with van der Waals surface area (Å²) in [5.41, 5.74) is 0.496. The molecule has 7 heteroatoms. The molecule has 2 N–H and O–H groups in total. The van der Waals surface area contributed by atoms with Crippen LogP contribution in [0.4, 0.5) is 20.2 Å². The van der Waals surface area contributed by atoms with Crippen molar-refractivity contribution in [1.29, 1.82) is 0 Å². The van der Waals surface area contributed by atoms with Gasteiger partial charge in [0.2, 0.25) is 5.43 Å². The van der Waals surface area contributed by atoms with E-state index in [2.05, 4.69) is 5.32 Å². The van der Waals surface area contributed by atoms with Crippen molar-refractivity contribution in [2.75, 3.05) is 5.32 Å². The molecule has 0 amide bonds. The number of rotatable bonds is 3. The van der Waals surface area contributed by atoms with Gasteiger partial charge in [0.05, 0.1) is 28.0 Å². The monoisotopic (exact) mass is 468 g/mol. The molecule has 0 saturated heterocycles. The highest BCUT2D eigenvalue weighted by Gasteiger charge is 2.29. The fourth-order valence-electron chi connectivity index (χ4n) is 3.24. The minimum atomic E-state index is -0.595. The maximum absolute atomic E-state index is 14.3. The number of aromatic nitrogens is 1. The smallest absolute Gasteiger partial charge is 0.233 e. The fourth-order valence-corrected chi connectivity index (χ4v) is 3.69. The lowest BCUT2D eigenvalue weighted by molar-refractivity contribution is 0.456. The summed E-state index contributed by atoms with van der Waals surface area (Å²) in [6.07, 6.45) is 1.81. The van der Waals surface area contributed by atoms with E-state index in [1.807, 2.05) is 22.6 Å². The van der Waals surface area contributed by atoms with Crippen molar-refractivity contribution in [2.45, 2.75) is 25.8 Å². The summed E-state index contributed by atoms with van der Waals surface area (Å²) in [4.78, 5) is 12.7. The third-order valence-electron chi connectivity index (χ3n) is 4.60. The Morgan fingerprint density at radius 1 is 1.19 bits per heavy atom. The highest BCUT2D eigenvalue weighted by atomic mass is 127. The van der Waals surface area contributed by atoms with Crippen molar-refractivity contribution in [3.05, 3.63) is 61.5 Å². The lowest BCUT2D eigenvalue weighted by Gasteiger charge is -2.18. The molecule has 0 spiro atoms. The Hall–Kier alpha value is -2.16. The van der Waals surface area contributed by atoms with Gasteiger partial charge in [-0.3, -0.25) is 4.79 Å². The van der Waals surface area contributed by atoms with Crippen LogP contribution in [0.2, 0.25) is 0 Å². The zero-order chi connectivity index (χ0) is 18.6. The van der Waals surface area contributed by atoms with Gasteiger partial charge in [-0.2, -0.15) is 0 Å². The average Bonchev–Trinajstić information content (AvgIpc) is 3.40. The molecule has 0 aliphatic heterocycles. The van der Waals surface area contributed by atoms with Crippen LogP contribution in [0.15, 0.2) is 35.1 Å². The Kier molecular flexibility index (Phi) is 4.13. The molecule has 1 fully saturated rings. The second kappa shape index (κ2) is 6.22. The lowest BCUT2D eigenvalue weighted by atomic mass is 10.1. The van der Waals surface area contributed by atoms with Gasteiger partial charge in [-0.1, -0.05) is 0 Å². The van der Waals surface area contributed by atoms with Crippen LogP contribution < -0.4 is 10.7 Å². The highest BCUT2D eigenvalue weighted by molar-refractivity contribution is 14.1. The molecule has 0 unspecified atom stereocenters. The lowest BCUT2D eigenvalue weighted by Crippen LogP contribution is -2.14. The molecule has 0 bridgehead atoms. The predicted octanol–water partition coefficient (Wildman–Crippen LogP) is 4.98. The van der Waals surface area contributed by atoms with Crippen molar-refractivity contribution in [2.24, 2.45) is 0 Å². The quantitative estimate of drug-likeness (QED) is 0.534. The first-order valence-corrected chi connectivity index (χ1v) is 9.24. The molecule has 4 rings (SSSR count). The van der Waals surface area contributed by atoms with Gasteiger partial charge in [0.1, 0.15) is 11.6 Å². The number of pyridine rings is 1. The summed E-state index contributed by atoms with van der Waals surface area (Å²) >= 11 is 1.99. The Labute approximate surface area is 161 Å². The number of hydrogen-bond acceptors (Lipinski definition) is 3. The Bertz CT molecular complexity index is 1110. The summed E-state index contributed by atoms with van der Waals surface area (Å²) in [5.74, 6) is -1.40. The van der Waals surface area contributed by atoms with Gasteiger partial charge in [0.25, 0.3) is 0 Å². The summed E-state index contributed by atoms with van der Waals surface area (Å²) < 4.78 is 31.0. The normalized spacial score (nSPS) is 14.0. The zero-order valence-electron chi connectivity index (χ0n) is 13.8. The second-order valence-electron chi connectivity index (χ2n) is 6.46. The van der Waals surface area contributed by atoms with Crippen LogP contribution in [0.25, 0.3) is 10.9 Å². The van der Waals surface area contributed by atoms with Crippen LogP contribution in [-0.4, -0.2) is 9.67 Å². The first-order chi connectivity index (χ1) is 12.4. The molecule has 0 atom stereocenters. The van der Waals surface area contributed by atoms with Crippen LogP contribution in [0.1, 0.15) is 24.6 Å². The Morgan fingerprint density at radius 3 is 2.58 bits per heavy atom. The predicted molar refractivity (Wildman–Crippen MR) is 105 cm³/mol. The van der Waals surface area contributed by atoms with Crippen molar-refractivity contribution in [3.8, 4) is 5.75 Å². The fraction of sp³-hybridized carbons (Fsp3) is 0.211. The molecule has 26 heavy (non-hydrogen) atoms. The standard InChI is InChI=1S/C19H15F2IN2O2/c1-9-18(25)19(26)17-15(23-14-5-2-11(22)8-13(14)21)6-10(20)7-16(17)24(9)12-3-4-12/h2,5-8,12,23,25H,3-4H2,1H3. The molecule has 1 heterocycles. The molecule has 1 aromatic heterocycles. The molecule has 4 nitrogen and oxygen atoms in total. The van der Waals surface area contributed by atoms with E-state index in [0.29, 0.717) is 11.2 Å². The third-order valence-corrected chi connectivity index (χ3v) is 5.27. The van der Waals surface area contributed by atoms with E-state index in [1.54, 1.807) is 17.6 Å². The van der Waals surface area contributed by atoms with Crippen molar-refractivity contribution >= 4 is 44.9 Å². The summed E-state index contributed by atoms with van der Waals surface area (Å²) in [6, 6.07) is 7.14. The van der Waals surface area contributed by atoms with Crippen LogP contribution in [0.5, 0.6) is 5.75 Å². The van der Waals surface area contributed by atoms with Crippen molar-refractivity contribution < 1.29 is 13.9 Å². The van der Waals surface area contributed by atoms with Gasteiger partial charge in [-0.05, 0) is 72.7 Å². The van der Waals surface area contributed by atoms with Crippen LogP contribution in [0.3, 0.4) is 0 Å². The number of nitrogens with one attached hydrogen (secondary N) is 1. The maximum atomic E-state index is 14.3. The molecule has 0 radical (unpaired) electrons. The molecule has 134 valence electrons. The maximum Gasteiger partial charge on any atom is 0.233 e. The van der Waals surface area contributed by atoms with E-state index < -0.39 is 17.1 Å². The number of benzene rings is 2. The second-order valence-corrected chi connectivity index (χ2v) is 7.71. The van der Waals surface area contributed by atoms with Gasteiger partial charge < -0.3 is 15.0 Å². The molecular formula is C19H15F2IN2O2. The summed E-state index contributed by atoms with van der Waals surface area (Å²) in [7, 11) is 0. The van der Waals surface area contributed by atoms with Gasteiger partial charge in [-0.15, -0.1) is 0 Å². The van der Waals surface area contributed by atoms with E-state index in [4.69, 9.17) is 0 Å². The zero-order valence-corrected chi connectivity index (χ0v) is 16.0. The average molecular weight is 468 g/mol. The van der Waals surface area contributed by atoms with E-state index in [1.165, 1.54) is 18.2 Å². The van der Waals surface area contributed by atoms with Crippen molar-refractivity contribution in [1.82, 2.24) is 4.57 Å². The molecule has 1 saturated carbocycles. The van der Waals surface area contributed by atoms with Crippen molar-refractivity contribution in [3.63, 3.8) is 0 Å². The number of anilines is 2. The number of aromatic hydroxyl groups is 1. The summed E-state index contributed by atoms with van der Waals surface area (Å²) in [5, 5.41) is 13.2. The Morgan fingerprint density at radius 2 is 1.92 bits per heavy atom. The van der Waals surface area contributed by atoms with Gasteiger partial charge in [0, 0.05) is 9.61 Å². The van der Waals surface area contributed by atoms with Crippen LogP contribution in [-0.2, 0) is 0 Å². The number of halogens is 3. The molecule has 1 aliphatic rings. The first kappa shape index (κ1) is 17.3. The molecule has 2 aromatic carbocycles. The molecular weight excluding hydrogens is 453 g/mol. The van der Waals surface area contributed by atoms with E-state index in [9.17, 15) is 18.7 Å². The van der Waals surface area contributed by atoms with E-state index in [0.717, 1.165) is 22.5 Å². The first-order valence-electron chi connectivity index (χ1n) is 8.16. The van der Waals surface area contributed by atoms with E-state index >= 15 is 0 Å². The number of nitrogens with zero attached hydrogens (tertiary/aromatic N) is 1. The summed E-state index contributed by atoms with van der Waals surface area (Å²) in [6.45, 7) is 1.64. The highest BCUT2D eigenvalue weighted by Crippen LogP contribution is 2.41. The SMILES string of the molecule is Cc1c(O)c(=O)c2c(Nc3ccc(I)cc3F)cc(F)cc2n1C1CC1. The van der Waals surface area contributed by atoms with Crippen LogP contribution in [0, 0.1) is 22.1 Å². The minimum Gasteiger partial charge on any atom is -0.503 e. The number of hydrogen-bond donors (Lipinski definition) is 2. The van der Waals surface area contributed by atoms with Gasteiger partial charge in [-0.25, -0.2) is 8.78 Å². The third kappa shape index (κ3) is 2.84. The Balaban J connectivity index is 1.99. The minimum absolute atomic E-state index is 0.133. The topological polar surface area (TPSA) is 54.3 Å². The van der Waals surface area contributed by atoms with Gasteiger partial charge >= 0.3 is 0 Å². The van der Waals surface area contributed by atoms with E-state index in [-0.39, 0.29) is 28.6 Å². The largest absolute Gasteiger partial charge is 0.503 e. The van der Waals surface area contributed by atoms with Crippen LogP contribution >= 0.6 is 22.6 Å². The molecule has 3 aromatic rings.